The van der Waals surface area contributed by atoms with Gasteiger partial charge in [-0.15, -0.1) is 0 Å². The van der Waals surface area contributed by atoms with Gasteiger partial charge in [-0.05, 0) is 39.3 Å². The second kappa shape index (κ2) is 6.02. The van der Waals surface area contributed by atoms with Crippen LogP contribution >= 0.6 is 0 Å². The minimum Gasteiger partial charge on any atom is -0.355 e. The lowest BCUT2D eigenvalue weighted by molar-refractivity contribution is -0.126. The summed E-state index contributed by atoms with van der Waals surface area (Å²) in [5.74, 6) is 0.189. The van der Waals surface area contributed by atoms with Crippen LogP contribution in [0.3, 0.4) is 0 Å². The van der Waals surface area contributed by atoms with Gasteiger partial charge < -0.3 is 5.32 Å². The van der Waals surface area contributed by atoms with Gasteiger partial charge in [0.15, 0.2) is 0 Å². The molecule has 0 bridgehead atoms. The van der Waals surface area contributed by atoms with Crippen molar-refractivity contribution in [3.8, 4) is 0 Å². The van der Waals surface area contributed by atoms with Crippen molar-refractivity contribution >= 4 is 5.91 Å². The van der Waals surface area contributed by atoms with E-state index >= 15 is 0 Å². The normalized spacial score (nSPS) is 20.4. The summed E-state index contributed by atoms with van der Waals surface area (Å²) in [6, 6.07) is 0.0573. The molecule has 0 spiro atoms. The molecule has 14 heavy (non-hydrogen) atoms. The maximum atomic E-state index is 11.6. The number of nitrogens with one attached hydrogen (secondary N) is 1. The van der Waals surface area contributed by atoms with E-state index in [0.717, 1.165) is 26.1 Å². The molecule has 1 rings (SSSR count). The van der Waals surface area contributed by atoms with Crippen LogP contribution < -0.4 is 5.32 Å². The predicted molar refractivity (Wildman–Crippen MR) is 58.2 cm³/mol. The zero-order valence-electron chi connectivity index (χ0n) is 9.38. The van der Waals surface area contributed by atoms with Crippen LogP contribution in [0.25, 0.3) is 0 Å². The first kappa shape index (κ1) is 11.5. The molecular weight excluding hydrogens is 176 g/mol. The van der Waals surface area contributed by atoms with E-state index in [2.05, 4.69) is 17.1 Å². The van der Waals surface area contributed by atoms with Gasteiger partial charge in [0.1, 0.15) is 0 Å². The first-order chi connectivity index (χ1) is 6.75. The average Bonchev–Trinajstić information content (AvgIpc) is 2.26. The zero-order chi connectivity index (χ0) is 10.4. The molecule has 0 radical (unpaired) electrons. The molecule has 0 aliphatic carbocycles. The fourth-order valence-corrected chi connectivity index (χ4v) is 1.87. The van der Waals surface area contributed by atoms with Crippen molar-refractivity contribution in [1.29, 1.82) is 0 Å². The number of rotatable bonds is 4. The molecule has 0 aromatic carbocycles. The van der Waals surface area contributed by atoms with Crippen LogP contribution in [-0.2, 0) is 4.79 Å². The molecule has 0 aromatic rings. The lowest BCUT2D eigenvalue weighted by atomic mass is 10.1. The summed E-state index contributed by atoms with van der Waals surface area (Å²) in [5, 5.41) is 2.95. The van der Waals surface area contributed by atoms with Crippen molar-refractivity contribution in [3.05, 3.63) is 0 Å². The second-order valence-corrected chi connectivity index (χ2v) is 4.06. The lowest BCUT2D eigenvalue weighted by Gasteiger charge is -2.31. The Kier molecular flexibility index (Phi) is 4.94. The van der Waals surface area contributed by atoms with Gasteiger partial charge >= 0.3 is 0 Å². The van der Waals surface area contributed by atoms with Crippen LogP contribution in [-0.4, -0.2) is 36.5 Å². The van der Waals surface area contributed by atoms with E-state index in [4.69, 9.17) is 0 Å². The Morgan fingerprint density at radius 1 is 1.36 bits per heavy atom. The van der Waals surface area contributed by atoms with Crippen molar-refractivity contribution < 1.29 is 4.79 Å². The first-order valence-corrected chi connectivity index (χ1v) is 5.77. The van der Waals surface area contributed by atoms with Crippen LogP contribution in [0.2, 0.25) is 0 Å². The molecule has 1 fully saturated rings. The minimum absolute atomic E-state index is 0.0573. The van der Waals surface area contributed by atoms with Crippen molar-refractivity contribution in [2.24, 2.45) is 0 Å². The number of carbonyl (C=O) groups is 1. The lowest BCUT2D eigenvalue weighted by Crippen LogP contribution is -2.47. The summed E-state index contributed by atoms with van der Waals surface area (Å²) in [7, 11) is 0. The predicted octanol–water partition coefficient (Wildman–Crippen LogP) is 1.39. The van der Waals surface area contributed by atoms with Gasteiger partial charge in [-0.3, -0.25) is 9.69 Å². The van der Waals surface area contributed by atoms with E-state index < -0.39 is 0 Å². The number of nitrogens with zero attached hydrogens (tertiary/aromatic N) is 1. The van der Waals surface area contributed by atoms with Gasteiger partial charge in [-0.1, -0.05) is 13.3 Å². The van der Waals surface area contributed by atoms with E-state index in [1.165, 1.54) is 19.3 Å². The highest BCUT2D eigenvalue weighted by molar-refractivity contribution is 5.81. The standard InChI is InChI=1S/C11H22N2O/c1-3-7-12-11(14)10(2)13-8-5-4-6-9-13/h10H,3-9H2,1-2H3,(H,12,14)/t10-/m1/s1. The number of piperidine rings is 1. The number of hydrogen-bond acceptors (Lipinski definition) is 2. The summed E-state index contributed by atoms with van der Waals surface area (Å²) in [4.78, 5) is 13.9. The molecule has 1 heterocycles. The summed E-state index contributed by atoms with van der Waals surface area (Å²) in [6.07, 6.45) is 4.81. The molecule has 0 unspecified atom stereocenters. The largest absolute Gasteiger partial charge is 0.355 e. The van der Waals surface area contributed by atoms with Gasteiger partial charge in [-0.2, -0.15) is 0 Å². The molecule has 1 amide bonds. The van der Waals surface area contributed by atoms with Crippen LogP contribution in [0.15, 0.2) is 0 Å². The Labute approximate surface area is 86.9 Å². The van der Waals surface area contributed by atoms with E-state index in [9.17, 15) is 4.79 Å². The SMILES string of the molecule is CCCNC(=O)[C@@H](C)N1CCCCC1. The third-order valence-electron chi connectivity index (χ3n) is 2.87. The molecule has 3 heteroatoms. The Hall–Kier alpha value is -0.570. The van der Waals surface area contributed by atoms with Crippen molar-refractivity contribution in [2.75, 3.05) is 19.6 Å². The molecule has 0 saturated carbocycles. The summed E-state index contributed by atoms with van der Waals surface area (Å²) in [5.41, 5.74) is 0. The average molecular weight is 198 g/mol. The molecule has 1 N–H and O–H groups in total. The van der Waals surface area contributed by atoms with E-state index in [-0.39, 0.29) is 11.9 Å². The third kappa shape index (κ3) is 3.29. The summed E-state index contributed by atoms with van der Waals surface area (Å²) < 4.78 is 0. The molecule has 1 atom stereocenters. The molecule has 82 valence electrons. The van der Waals surface area contributed by atoms with E-state index in [0.29, 0.717) is 0 Å². The molecule has 1 saturated heterocycles. The quantitative estimate of drug-likeness (QED) is 0.740. The van der Waals surface area contributed by atoms with E-state index in [1.807, 2.05) is 6.92 Å². The highest BCUT2D eigenvalue weighted by Crippen LogP contribution is 2.11. The van der Waals surface area contributed by atoms with Crippen LogP contribution in [0.5, 0.6) is 0 Å². The Morgan fingerprint density at radius 2 is 2.00 bits per heavy atom. The summed E-state index contributed by atoms with van der Waals surface area (Å²) in [6.45, 7) is 7.06. The highest BCUT2D eigenvalue weighted by Gasteiger charge is 2.21. The molecule has 0 aromatic heterocycles. The topological polar surface area (TPSA) is 32.3 Å². The summed E-state index contributed by atoms with van der Waals surface area (Å²) >= 11 is 0. The minimum atomic E-state index is 0.0573. The smallest absolute Gasteiger partial charge is 0.237 e. The Bertz CT molecular complexity index is 176. The Balaban J connectivity index is 2.30. The Morgan fingerprint density at radius 3 is 2.57 bits per heavy atom. The second-order valence-electron chi connectivity index (χ2n) is 4.06. The number of hydrogen-bond donors (Lipinski definition) is 1. The van der Waals surface area contributed by atoms with E-state index in [1.54, 1.807) is 0 Å². The first-order valence-electron chi connectivity index (χ1n) is 5.77. The maximum Gasteiger partial charge on any atom is 0.237 e. The number of amides is 1. The fourth-order valence-electron chi connectivity index (χ4n) is 1.87. The van der Waals surface area contributed by atoms with Crippen LogP contribution in [0, 0.1) is 0 Å². The van der Waals surface area contributed by atoms with Crippen LogP contribution in [0.4, 0.5) is 0 Å². The van der Waals surface area contributed by atoms with Crippen molar-refractivity contribution in [3.63, 3.8) is 0 Å². The zero-order valence-corrected chi connectivity index (χ0v) is 9.38. The van der Waals surface area contributed by atoms with Gasteiger partial charge in [0.2, 0.25) is 5.91 Å². The molecule has 3 nitrogen and oxygen atoms in total. The molecular formula is C11H22N2O. The van der Waals surface area contributed by atoms with Gasteiger partial charge in [0, 0.05) is 6.54 Å². The van der Waals surface area contributed by atoms with Crippen LogP contribution in [0.1, 0.15) is 39.5 Å². The molecule has 1 aliphatic rings. The van der Waals surface area contributed by atoms with Gasteiger partial charge in [0.05, 0.1) is 6.04 Å². The van der Waals surface area contributed by atoms with Crippen molar-refractivity contribution in [1.82, 2.24) is 10.2 Å². The fraction of sp³-hybridized carbons (Fsp3) is 0.909. The third-order valence-corrected chi connectivity index (χ3v) is 2.87. The monoisotopic (exact) mass is 198 g/mol. The molecule has 1 aliphatic heterocycles. The number of carbonyl (C=O) groups excluding carboxylic acids is 1. The number of likely N-dealkylation sites (tertiary alicyclic amines) is 1. The van der Waals surface area contributed by atoms with Gasteiger partial charge in [-0.25, -0.2) is 0 Å². The highest BCUT2D eigenvalue weighted by atomic mass is 16.2. The van der Waals surface area contributed by atoms with Crippen molar-refractivity contribution in [2.45, 2.75) is 45.6 Å². The van der Waals surface area contributed by atoms with Gasteiger partial charge in [0.25, 0.3) is 0 Å². The maximum absolute atomic E-state index is 11.6.